The van der Waals surface area contributed by atoms with Crippen LogP contribution in [0, 0.1) is 12.8 Å². The van der Waals surface area contributed by atoms with Crippen LogP contribution in [0.3, 0.4) is 0 Å². The Morgan fingerprint density at radius 3 is 2.17 bits per heavy atom. The van der Waals surface area contributed by atoms with E-state index in [-0.39, 0.29) is 5.91 Å². The molecular formula is C23H29NO5. The Bertz CT molecular complexity index is 839. The molecule has 0 bridgehead atoms. The van der Waals surface area contributed by atoms with Gasteiger partial charge < -0.3 is 19.5 Å². The van der Waals surface area contributed by atoms with E-state index in [1.165, 1.54) is 0 Å². The molecule has 1 amide bonds. The molecule has 156 valence electrons. The predicted octanol–water partition coefficient (Wildman–Crippen LogP) is 5.27. The van der Waals surface area contributed by atoms with Crippen molar-refractivity contribution in [2.75, 3.05) is 12.4 Å². The highest BCUT2D eigenvalue weighted by Crippen LogP contribution is 2.31. The average molecular weight is 399 g/mol. The normalized spacial score (nSPS) is 13.2. The maximum atomic E-state index is 12.9. The Labute approximate surface area is 172 Å². The molecule has 0 aromatic heterocycles. The van der Waals surface area contributed by atoms with Gasteiger partial charge in [0.2, 0.25) is 5.91 Å². The molecule has 0 unspecified atom stereocenters. The summed E-state index contributed by atoms with van der Waals surface area (Å²) in [7, 11) is 1.58. The van der Waals surface area contributed by atoms with E-state index in [2.05, 4.69) is 5.32 Å². The number of rotatable bonds is 6. The van der Waals surface area contributed by atoms with Crippen molar-refractivity contribution < 1.29 is 23.8 Å². The minimum atomic E-state index is -0.810. The molecule has 0 aliphatic carbocycles. The Kier molecular flexibility index (Phi) is 7.26. The molecule has 0 saturated heterocycles. The first-order chi connectivity index (χ1) is 13.6. The number of amides is 1. The van der Waals surface area contributed by atoms with E-state index in [1.54, 1.807) is 59.1 Å². The van der Waals surface area contributed by atoms with Gasteiger partial charge in [-0.05, 0) is 70.0 Å². The zero-order valence-corrected chi connectivity index (χ0v) is 17.8. The molecule has 2 aromatic carbocycles. The van der Waals surface area contributed by atoms with Crippen LogP contribution in [0.1, 0.15) is 44.9 Å². The summed E-state index contributed by atoms with van der Waals surface area (Å²) in [5.74, 6) is -0.222. The van der Waals surface area contributed by atoms with E-state index in [0.717, 1.165) is 11.1 Å². The number of ether oxygens (including phenoxy) is 3. The molecule has 0 radical (unpaired) electrons. The van der Waals surface area contributed by atoms with Crippen molar-refractivity contribution in [1.29, 1.82) is 0 Å². The standard InChI is InChI=1S/C23H29NO5/c1-15-9-7-8-10-19(15)20(28-22(26)29-23(3,4)5)16(2)21(25)24-17-11-13-18(27-6)14-12-17/h7-14,16,20H,1-6H3,(H,24,25)/t16-,20+/m0/s1. The monoisotopic (exact) mass is 399 g/mol. The predicted molar refractivity (Wildman–Crippen MR) is 112 cm³/mol. The van der Waals surface area contributed by atoms with Gasteiger partial charge in [0.15, 0.2) is 0 Å². The maximum absolute atomic E-state index is 12.9. The third-order valence-electron chi connectivity index (χ3n) is 4.33. The first kappa shape index (κ1) is 22.3. The summed E-state index contributed by atoms with van der Waals surface area (Å²) in [6, 6.07) is 14.5. The summed E-state index contributed by atoms with van der Waals surface area (Å²) < 4.78 is 16.0. The number of carbonyl (C=O) groups excluding carboxylic acids is 2. The van der Waals surface area contributed by atoms with Crippen LogP contribution < -0.4 is 10.1 Å². The molecule has 0 fully saturated rings. The van der Waals surface area contributed by atoms with Gasteiger partial charge in [-0.3, -0.25) is 4.79 Å². The number of nitrogens with one attached hydrogen (secondary N) is 1. The van der Waals surface area contributed by atoms with E-state index in [1.807, 2.05) is 31.2 Å². The molecule has 0 spiro atoms. The lowest BCUT2D eigenvalue weighted by Crippen LogP contribution is -2.31. The van der Waals surface area contributed by atoms with Gasteiger partial charge in [0, 0.05) is 5.69 Å². The van der Waals surface area contributed by atoms with Gasteiger partial charge >= 0.3 is 6.16 Å². The Morgan fingerprint density at radius 2 is 1.62 bits per heavy atom. The van der Waals surface area contributed by atoms with Gasteiger partial charge in [0.05, 0.1) is 13.0 Å². The second kappa shape index (κ2) is 9.45. The number of anilines is 1. The SMILES string of the molecule is COc1ccc(NC(=O)[C@@H](C)[C@@H](OC(=O)OC(C)(C)C)c2ccccc2C)cc1. The zero-order valence-electron chi connectivity index (χ0n) is 17.8. The highest BCUT2D eigenvalue weighted by Gasteiger charge is 2.32. The molecule has 6 nitrogen and oxygen atoms in total. The molecule has 6 heteroatoms. The number of methoxy groups -OCH3 is 1. The van der Waals surface area contributed by atoms with Crippen LogP contribution in [0.4, 0.5) is 10.5 Å². The molecule has 0 saturated carbocycles. The third-order valence-corrected chi connectivity index (χ3v) is 4.33. The van der Waals surface area contributed by atoms with Gasteiger partial charge in [-0.1, -0.05) is 24.3 Å². The van der Waals surface area contributed by atoms with Crippen molar-refractivity contribution in [3.63, 3.8) is 0 Å². The van der Waals surface area contributed by atoms with Crippen molar-refractivity contribution >= 4 is 17.7 Å². The van der Waals surface area contributed by atoms with Crippen molar-refractivity contribution in [1.82, 2.24) is 0 Å². The Hall–Kier alpha value is -3.02. The van der Waals surface area contributed by atoms with Gasteiger partial charge in [-0.2, -0.15) is 0 Å². The summed E-state index contributed by atoms with van der Waals surface area (Å²) in [4.78, 5) is 25.2. The summed E-state index contributed by atoms with van der Waals surface area (Å²) in [5, 5.41) is 2.86. The molecular weight excluding hydrogens is 370 g/mol. The first-order valence-electron chi connectivity index (χ1n) is 9.51. The fraction of sp³-hybridized carbons (Fsp3) is 0.391. The molecule has 2 rings (SSSR count). The second-order valence-electron chi connectivity index (χ2n) is 7.87. The van der Waals surface area contributed by atoms with Crippen LogP contribution in [0.2, 0.25) is 0 Å². The van der Waals surface area contributed by atoms with E-state index in [4.69, 9.17) is 14.2 Å². The Morgan fingerprint density at radius 1 is 1.00 bits per heavy atom. The molecule has 29 heavy (non-hydrogen) atoms. The summed E-state index contributed by atoms with van der Waals surface area (Å²) >= 11 is 0. The fourth-order valence-corrected chi connectivity index (χ4v) is 2.79. The van der Waals surface area contributed by atoms with Crippen molar-refractivity contribution in [2.45, 2.75) is 46.3 Å². The van der Waals surface area contributed by atoms with Crippen LogP contribution in [0.15, 0.2) is 48.5 Å². The molecule has 2 aromatic rings. The van der Waals surface area contributed by atoms with E-state index >= 15 is 0 Å². The first-order valence-corrected chi connectivity index (χ1v) is 9.51. The minimum Gasteiger partial charge on any atom is -0.497 e. The summed E-state index contributed by atoms with van der Waals surface area (Å²) in [6.07, 6.45) is -1.60. The maximum Gasteiger partial charge on any atom is 0.509 e. The zero-order chi connectivity index (χ0) is 21.6. The molecule has 0 aliphatic heterocycles. The fourth-order valence-electron chi connectivity index (χ4n) is 2.79. The number of carbonyl (C=O) groups is 2. The van der Waals surface area contributed by atoms with Crippen molar-refractivity contribution in [2.24, 2.45) is 5.92 Å². The minimum absolute atomic E-state index is 0.271. The van der Waals surface area contributed by atoms with Gasteiger partial charge in [0.1, 0.15) is 17.5 Å². The number of hydrogen-bond acceptors (Lipinski definition) is 5. The van der Waals surface area contributed by atoms with Crippen LogP contribution >= 0.6 is 0 Å². The molecule has 1 N–H and O–H groups in total. The molecule has 0 aliphatic rings. The van der Waals surface area contributed by atoms with Crippen LogP contribution in [0.5, 0.6) is 5.75 Å². The lowest BCUT2D eigenvalue weighted by atomic mass is 9.93. The number of aryl methyl sites for hydroxylation is 1. The van der Waals surface area contributed by atoms with Gasteiger partial charge in [-0.25, -0.2) is 4.79 Å². The topological polar surface area (TPSA) is 73.9 Å². The van der Waals surface area contributed by atoms with Gasteiger partial charge in [-0.15, -0.1) is 0 Å². The van der Waals surface area contributed by atoms with Crippen LogP contribution in [-0.4, -0.2) is 24.8 Å². The van der Waals surface area contributed by atoms with E-state index in [9.17, 15) is 9.59 Å². The molecule has 0 heterocycles. The average Bonchev–Trinajstić information content (AvgIpc) is 2.65. The lowest BCUT2D eigenvalue weighted by molar-refractivity contribution is -0.124. The van der Waals surface area contributed by atoms with E-state index < -0.39 is 23.8 Å². The summed E-state index contributed by atoms with van der Waals surface area (Å²) in [6.45, 7) is 8.92. The largest absolute Gasteiger partial charge is 0.509 e. The van der Waals surface area contributed by atoms with Gasteiger partial charge in [0.25, 0.3) is 0 Å². The highest BCUT2D eigenvalue weighted by molar-refractivity contribution is 5.93. The van der Waals surface area contributed by atoms with E-state index in [0.29, 0.717) is 11.4 Å². The second-order valence-corrected chi connectivity index (χ2v) is 7.87. The van der Waals surface area contributed by atoms with Crippen molar-refractivity contribution in [3.05, 3.63) is 59.7 Å². The molecule has 2 atom stereocenters. The van der Waals surface area contributed by atoms with Crippen LogP contribution in [-0.2, 0) is 14.3 Å². The Balaban J connectivity index is 2.22. The van der Waals surface area contributed by atoms with Crippen molar-refractivity contribution in [3.8, 4) is 5.75 Å². The smallest absolute Gasteiger partial charge is 0.497 e. The lowest BCUT2D eigenvalue weighted by Gasteiger charge is -2.27. The number of hydrogen-bond donors (Lipinski definition) is 1. The summed E-state index contributed by atoms with van der Waals surface area (Å²) in [5.41, 5.74) is 1.62. The quantitative estimate of drug-likeness (QED) is 0.670. The highest BCUT2D eigenvalue weighted by atomic mass is 16.7. The third kappa shape index (κ3) is 6.52. The van der Waals surface area contributed by atoms with Crippen LogP contribution in [0.25, 0.3) is 0 Å². The number of benzene rings is 2.